The van der Waals surface area contributed by atoms with Crippen molar-refractivity contribution in [2.45, 2.75) is 26.3 Å². The molecule has 0 spiro atoms. The van der Waals surface area contributed by atoms with Gasteiger partial charge in [-0.05, 0) is 44.5 Å². The van der Waals surface area contributed by atoms with Crippen molar-refractivity contribution in [1.29, 1.82) is 0 Å². The summed E-state index contributed by atoms with van der Waals surface area (Å²) in [5.41, 5.74) is 8.59. The lowest BCUT2D eigenvalue weighted by molar-refractivity contribution is 0.119. The van der Waals surface area contributed by atoms with Crippen LogP contribution in [0.1, 0.15) is 19.4 Å². The number of halogens is 1. The minimum atomic E-state index is 0.113. The molecule has 1 aromatic carbocycles. The predicted molar refractivity (Wildman–Crippen MR) is 85.8 cm³/mol. The first-order valence-corrected chi connectivity index (χ1v) is 7.69. The standard InChI is InChI=1S/C15H24BrN3/c1-12-10-13(4-5-14(12)16)18-6-8-19(9-7-18)15(2,3)11-17/h4-5,10H,6-9,11,17H2,1-3H3. The lowest BCUT2D eigenvalue weighted by atomic mass is 10.0. The minimum absolute atomic E-state index is 0.113. The Kier molecular flexibility index (Phi) is 4.54. The molecule has 1 heterocycles. The molecule has 1 fully saturated rings. The molecule has 3 nitrogen and oxygen atoms in total. The van der Waals surface area contributed by atoms with E-state index in [0.717, 1.165) is 26.2 Å². The summed E-state index contributed by atoms with van der Waals surface area (Å²) in [4.78, 5) is 4.96. The molecular weight excluding hydrogens is 302 g/mol. The molecule has 1 aromatic rings. The highest BCUT2D eigenvalue weighted by Gasteiger charge is 2.28. The average molecular weight is 326 g/mol. The Bertz CT molecular complexity index is 437. The van der Waals surface area contributed by atoms with Crippen molar-refractivity contribution in [2.75, 3.05) is 37.6 Å². The van der Waals surface area contributed by atoms with Crippen LogP contribution in [0.2, 0.25) is 0 Å². The Morgan fingerprint density at radius 3 is 2.37 bits per heavy atom. The average Bonchev–Trinajstić information content (AvgIpc) is 2.42. The summed E-state index contributed by atoms with van der Waals surface area (Å²) in [5.74, 6) is 0. The molecule has 19 heavy (non-hydrogen) atoms. The summed E-state index contributed by atoms with van der Waals surface area (Å²) in [5, 5.41) is 0. The first-order valence-electron chi connectivity index (χ1n) is 6.90. The Balaban J connectivity index is 2.02. The van der Waals surface area contributed by atoms with Crippen LogP contribution in [0.5, 0.6) is 0 Å². The van der Waals surface area contributed by atoms with E-state index < -0.39 is 0 Å². The maximum Gasteiger partial charge on any atom is 0.0370 e. The van der Waals surface area contributed by atoms with Gasteiger partial charge in [-0.3, -0.25) is 4.90 Å². The van der Waals surface area contributed by atoms with E-state index in [0.29, 0.717) is 6.54 Å². The molecular formula is C15H24BrN3. The second kappa shape index (κ2) is 5.81. The second-order valence-corrected chi connectivity index (χ2v) is 6.78. The quantitative estimate of drug-likeness (QED) is 0.927. The number of rotatable bonds is 3. The molecule has 0 radical (unpaired) electrons. The Morgan fingerprint density at radius 2 is 1.84 bits per heavy atom. The topological polar surface area (TPSA) is 32.5 Å². The van der Waals surface area contributed by atoms with Gasteiger partial charge in [-0.2, -0.15) is 0 Å². The van der Waals surface area contributed by atoms with Gasteiger partial charge in [-0.15, -0.1) is 0 Å². The van der Waals surface area contributed by atoms with Crippen LogP contribution in [0, 0.1) is 6.92 Å². The first kappa shape index (κ1) is 14.8. The fourth-order valence-corrected chi connectivity index (χ4v) is 2.77. The monoisotopic (exact) mass is 325 g/mol. The largest absolute Gasteiger partial charge is 0.369 e. The van der Waals surface area contributed by atoms with E-state index in [1.165, 1.54) is 15.7 Å². The number of anilines is 1. The van der Waals surface area contributed by atoms with Crippen molar-refractivity contribution in [3.63, 3.8) is 0 Å². The maximum absolute atomic E-state index is 5.86. The Morgan fingerprint density at radius 1 is 1.21 bits per heavy atom. The fourth-order valence-electron chi connectivity index (χ4n) is 2.52. The maximum atomic E-state index is 5.86. The predicted octanol–water partition coefficient (Wildman–Crippen LogP) is 2.62. The molecule has 1 aliphatic rings. The zero-order valence-electron chi connectivity index (χ0n) is 12.1. The van der Waals surface area contributed by atoms with Gasteiger partial charge in [0.15, 0.2) is 0 Å². The fraction of sp³-hybridized carbons (Fsp3) is 0.600. The minimum Gasteiger partial charge on any atom is -0.369 e. The van der Waals surface area contributed by atoms with Gasteiger partial charge in [-0.1, -0.05) is 15.9 Å². The van der Waals surface area contributed by atoms with Gasteiger partial charge in [-0.25, -0.2) is 0 Å². The zero-order chi connectivity index (χ0) is 14.0. The van der Waals surface area contributed by atoms with Crippen LogP contribution in [0.3, 0.4) is 0 Å². The van der Waals surface area contributed by atoms with Crippen molar-refractivity contribution in [3.8, 4) is 0 Å². The lowest BCUT2D eigenvalue weighted by Gasteiger charge is -2.44. The molecule has 0 saturated carbocycles. The molecule has 1 aliphatic heterocycles. The van der Waals surface area contributed by atoms with Crippen LogP contribution in [0.15, 0.2) is 22.7 Å². The Hall–Kier alpha value is -0.580. The first-order chi connectivity index (χ1) is 8.94. The van der Waals surface area contributed by atoms with Crippen LogP contribution in [0.25, 0.3) is 0 Å². The summed E-state index contributed by atoms with van der Waals surface area (Å²) in [7, 11) is 0. The third kappa shape index (κ3) is 3.30. The summed E-state index contributed by atoms with van der Waals surface area (Å²) in [6, 6.07) is 6.59. The number of nitrogens with zero attached hydrogens (tertiary/aromatic N) is 2. The number of piperazine rings is 1. The van der Waals surface area contributed by atoms with Crippen molar-refractivity contribution in [2.24, 2.45) is 5.73 Å². The van der Waals surface area contributed by atoms with Crippen molar-refractivity contribution in [1.82, 2.24) is 4.90 Å². The van der Waals surface area contributed by atoms with Crippen LogP contribution >= 0.6 is 15.9 Å². The molecule has 0 amide bonds. The zero-order valence-corrected chi connectivity index (χ0v) is 13.7. The van der Waals surface area contributed by atoms with E-state index >= 15 is 0 Å². The molecule has 0 unspecified atom stereocenters. The van der Waals surface area contributed by atoms with Gasteiger partial charge in [0.25, 0.3) is 0 Å². The molecule has 0 bridgehead atoms. The highest BCUT2D eigenvalue weighted by atomic mass is 79.9. The van der Waals surface area contributed by atoms with Crippen LogP contribution < -0.4 is 10.6 Å². The second-order valence-electron chi connectivity index (χ2n) is 5.92. The number of aryl methyl sites for hydroxylation is 1. The summed E-state index contributed by atoms with van der Waals surface area (Å²) in [6.07, 6.45) is 0. The van der Waals surface area contributed by atoms with Crippen molar-refractivity contribution < 1.29 is 0 Å². The van der Waals surface area contributed by atoms with Crippen molar-refractivity contribution >= 4 is 21.6 Å². The van der Waals surface area contributed by atoms with Gasteiger partial charge < -0.3 is 10.6 Å². The molecule has 0 aliphatic carbocycles. The Labute approximate surface area is 124 Å². The lowest BCUT2D eigenvalue weighted by Crippen LogP contribution is -2.57. The van der Waals surface area contributed by atoms with Gasteiger partial charge in [0, 0.05) is 48.4 Å². The molecule has 2 N–H and O–H groups in total. The van der Waals surface area contributed by atoms with E-state index in [9.17, 15) is 0 Å². The summed E-state index contributed by atoms with van der Waals surface area (Å²) in [6.45, 7) is 11.6. The third-order valence-electron chi connectivity index (χ3n) is 4.14. The number of hydrogen-bond acceptors (Lipinski definition) is 3. The number of nitrogens with two attached hydrogens (primary N) is 1. The highest BCUT2D eigenvalue weighted by Crippen LogP contribution is 2.25. The van der Waals surface area contributed by atoms with E-state index in [-0.39, 0.29) is 5.54 Å². The van der Waals surface area contributed by atoms with E-state index in [4.69, 9.17) is 5.73 Å². The molecule has 0 aromatic heterocycles. The van der Waals surface area contributed by atoms with Gasteiger partial charge in [0.05, 0.1) is 0 Å². The van der Waals surface area contributed by atoms with Gasteiger partial charge in [0.2, 0.25) is 0 Å². The molecule has 106 valence electrons. The van der Waals surface area contributed by atoms with Crippen LogP contribution in [-0.2, 0) is 0 Å². The molecule has 2 rings (SSSR count). The molecule has 1 saturated heterocycles. The van der Waals surface area contributed by atoms with Crippen LogP contribution in [-0.4, -0.2) is 43.2 Å². The molecule has 0 atom stereocenters. The van der Waals surface area contributed by atoms with E-state index in [2.05, 4.69) is 64.7 Å². The van der Waals surface area contributed by atoms with E-state index in [1.807, 2.05) is 0 Å². The summed E-state index contributed by atoms with van der Waals surface area (Å²) < 4.78 is 1.18. The molecule has 4 heteroatoms. The third-order valence-corrected chi connectivity index (χ3v) is 5.03. The van der Waals surface area contributed by atoms with Crippen LogP contribution in [0.4, 0.5) is 5.69 Å². The normalized spacial score (nSPS) is 17.8. The number of hydrogen-bond donors (Lipinski definition) is 1. The smallest absolute Gasteiger partial charge is 0.0370 e. The number of benzene rings is 1. The SMILES string of the molecule is Cc1cc(N2CCN(C(C)(C)CN)CC2)ccc1Br. The van der Waals surface area contributed by atoms with Crippen molar-refractivity contribution in [3.05, 3.63) is 28.2 Å². The van der Waals surface area contributed by atoms with Gasteiger partial charge >= 0.3 is 0 Å². The highest BCUT2D eigenvalue weighted by molar-refractivity contribution is 9.10. The van der Waals surface area contributed by atoms with Gasteiger partial charge in [0.1, 0.15) is 0 Å². The van der Waals surface area contributed by atoms with E-state index in [1.54, 1.807) is 0 Å². The summed E-state index contributed by atoms with van der Waals surface area (Å²) >= 11 is 3.56.